The molecule has 0 aliphatic carbocycles. The highest BCUT2D eigenvalue weighted by atomic mass is 35.5. The van der Waals surface area contributed by atoms with Crippen molar-refractivity contribution in [1.82, 2.24) is 14.9 Å². The van der Waals surface area contributed by atoms with Gasteiger partial charge < -0.3 is 14.7 Å². The lowest BCUT2D eigenvalue weighted by atomic mass is 9.95. The third-order valence-electron chi connectivity index (χ3n) is 4.38. The van der Waals surface area contributed by atoms with Crippen molar-refractivity contribution in [2.45, 2.75) is 31.8 Å². The van der Waals surface area contributed by atoms with E-state index in [1.165, 1.54) is 13.3 Å². The zero-order valence-corrected chi connectivity index (χ0v) is 16.0. The van der Waals surface area contributed by atoms with E-state index in [-0.39, 0.29) is 30.6 Å². The predicted octanol–water partition coefficient (Wildman–Crippen LogP) is 3.01. The first-order valence-corrected chi connectivity index (χ1v) is 7.91. The third kappa shape index (κ3) is 5.14. The van der Waals surface area contributed by atoms with Crippen LogP contribution in [-0.2, 0) is 6.42 Å². The van der Waals surface area contributed by atoms with Gasteiger partial charge in [-0.05, 0) is 38.8 Å². The van der Waals surface area contributed by atoms with Crippen molar-refractivity contribution in [3.63, 3.8) is 0 Å². The highest BCUT2D eigenvalue weighted by molar-refractivity contribution is 5.85. The molecule has 2 aromatic rings. The molecule has 0 bridgehead atoms. The molecular weight excluding hydrogens is 368 g/mol. The van der Waals surface area contributed by atoms with E-state index >= 15 is 0 Å². The van der Waals surface area contributed by atoms with E-state index in [0.29, 0.717) is 42.0 Å². The number of piperidine rings is 1. The summed E-state index contributed by atoms with van der Waals surface area (Å²) in [6.07, 6.45) is 3.55. The van der Waals surface area contributed by atoms with Crippen LogP contribution < -0.4 is 4.74 Å². The number of β-amino-alcohol motifs (C(OH)–C–C–N with tert-alkyl or cyclic N) is 1. The monoisotopic (exact) mass is 391 g/mol. The first kappa shape index (κ1) is 21.8. The number of rotatable bonds is 4. The van der Waals surface area contributed by atoms with Crippen molar-refractivity contribution in [2.75, 3.05) is 26.7 Å². The van der Waals surface area contributed by atoms with Gasteiger partial charge in [-0.3, -0.25) is 4.98 Å². The fourth-order valence-corrected chi connectivity index (χ4v) is 3.21. The Labute approximate surface area is 159 Å². The molecule has 3 heterocycles. The Morgan fingerprint density at radius 3 is 2.80 bits per heavy atom. The summed E-state index contributed by atoms with van der Waals surface area (Å²) in [5, 5.41) is 10.2. The average Bonchev–Trinajstić information content (AvgIpc) is 2.52. The molecule has 5 nitrogen and oxygen atoms in total. The second kappa shape index (κ2) is 8.94. The first-order chi connectivity index (χ1) is 11.0. The number of pyridine rings is 2. The first-order valence-electron chi connectivity index (χ1n) is 7.91. The van der Waals surface area contributed by atoms with E-state index in [0.717, 1.165) is 19.4 Å². The highest BCUT2D eigenvalue weighted by Gasteiger charge is 2.28. The molecule has 3 rings (SSSR count). The molecule has 0 spiro atoms. The van der Waals surface area contributed by atoms with Gasteiger partial charge >= 0.3 is 0 Å². The van der Waals surface area contributed by atoms with Gasteiger partial charge in [0.1, 0.15) is 5.82 Å². The number of ether oxygens (including phenoxy) is 1. The molecule has 1 aliphatic rings. The van der Waals surface area contributed by atoms with Gasteiger partial charge in [-0.15, -0.1) is 24.8 Å². The van der Waals surface area contributed by atoms with Gasteiger partial charge in [0.25, 0.3) is 0 Å². The van der Waals surface area contributed by atoms with Crippen LogP contribution in [0.15, 0.2) is 18.3 Å². The Morgan fingerprint density at radius 1 is 1.36 bits per heavy atom. The molecule has 1 fully saturated rings. The van der Waals surface area contributed by atoms with Gasteiger partial charge in [-0.25, -0.2) is 9.37 Å². The zero-order valence-electron chi connectivity index (χ0n) is 14.4. The minimum absolute atomic E-state index is 0. The Kier molecular flexibility index (Phi) is 7.81. The van der Waals surface area contributed by atoms with Crippen molar-refractivity contribution < 1.29 is 14.2 Å². The van der Waals surface area contributed by atoms with Crippen LogP contribution in [0.5, 0.6) is 5.88 Å². The minimum atomic E-state index is -0.654. The Bertz CT molecular complexity index is 716. The van der Waals surface area contributed by atoms with Gasteiger partial charge in [0.05, 0.1) is 29.9 Å². The molecular formula is C17H24Cl2FN3O2. The lowest BCUT2D eigenvalue weighted by molar-refractivity contribution is -0.0150. The van der Waals surface area contributed by atoms with E-state index in [2.05, 4.69) is 14.9 Å². The SMILES string of the molecule is COc1ccc2ncc(F)c(CCN3CCCC(C)(O)C3)c2n1.Cl.Cl. The van der Waals surface area contributed by atoms with Crippen molar-refractivity contribution in [1.29, 1.82) is 0 Å². The number of aromatic nitrogens is 2. The fraction of sp³-hybridized carbons (Fsp3) is 0.529. The molecule has 2 aromatic heterocycles. The van der Waals surface area contributed by atoms with Gasteiger partial charge in [-0.2, -0.15) is 0 Å². The smallest absolute Gasteiger partial charge is 0.213 e. The number of likely N-dealkylation sites (tertiary alicyclic amines) is 1. The summed E-state index contributed by atoms with van der Waals surface area (Å²) in [5.41, 5.74) is 1.11. The van der Waals surface area contributed by atoms with Gasteiger partial charge in [0, 0.05) is 24.7 Å². The number of aliphatic hydroxyl groups is 1. The number of fused-ring (bicyclic) bond motifs is 1. The van der Waals surface area contributed by atoms with E-state index in [1.807, 2.05) is 6.92 Å². The number of nitrogens with zero attached hydrogens (tertiary/aromatic N) is 3. The van der Waals surface area contributed by atoms with Crippen molar-refractivity contribution in [2.24, 2.45) is 0 Å². The molecule has 1 unspecified atom stereocenters. The average molecular weight is 392 g/mol. The molecule has 1 N–H and O–H groups in total. The van der Waals surface area contributed by atoms with Crippen LogP contribution in [0, 0.1) is 5.82 Å². The summed E-state index contributed by atoms with van der Waals surface area (Å²) in [6, 6.07) is 3.51. The van der Waals surface area contributed by atoms with E-state index < -0.39 is 5.60 Å². The topological polar surface area (TPSA) is 58.5 Å². The molecule has 140 valence electrons. The molecule has 8 heteroatoms. The lowest BCUT2D eigenvalue weighted by Crippen LogP contribution is -2.46. The molecule has 0 aromatic carbocycles. The summed E-state index contributed by atoms with van der Waals surface area (Å²) < 4.78 is 19.4. The zero-order chi connectivity index (χ0) is 16.4. The van der Waals surface area contributed by atoms with Crippen molar-refractivity contribution >= 4 is 35.8 Å². The summed E-state index contributed by atoms with van der Waals surface area (Å²) in [4.78, 5) is 10.6. The Morgan fingerprint density at radius 2 is 2.12 bits per heavy atom. The summed E-state index contributed by atoms with van der Waals surface area (Å²) in [5.74, 6) is 0.106. The Balaban J connectivity index is 0.00000156. The standard InChI is InChI=1S/C17H22FN3O2.2ClH/c1-17(22)7-3-8-21(11-17)9-6-12-13(18)10-19-14-4-5-15(23-2)20-16(12)14;;/h4-5,10,22H,3,6-9,11H2,1-2H3;2*1H. The Hall–Kier alpha value is -1.21. The maximum Gasteiger partial charge on any atom is 0.213 e. The number of hydrogen-bond donors (Lipinski definition) is 1. The summed E-state index contributed by atoms with van der Waals surface area (Å²) in [7, 11) is 1.54. The van der Waals surface area contributed by atoms with Gasteiger partial charge in [0.15, 0.2) is 0 Å². The van der Waals surface area contributed by atoms with E-state index in [1.54, 1.807) is 12.1 Å². The second-order valence-corrected chi connectivity index (χ2v) is 6.43. The molecule has 1 atom stereocenters. The number of methoxy groups -OCH3 is 1. The van der Waals surface area contributed by atoms with E-state index in [4.69, 9.17) is 4.74 Å². The highest BCUT2D eigenvalue weighted by Crippen LogP contribution is 2.24. The van der Waals surface area contributed by atoms with Crippen LogP contribution in [0.25, 0.3) is 11.0 Å². The number of halogens is 3. The predicted molar refractivity (Wildman–Crippen MR) is 101 cm³/mol. The third-order valence-corrected chi connectivity index (χ3v) is 4.38. The quantitative estimate of drug-likeness (QED) is 0.867. The van der Waals surface area contributed by atoms with Gasteiger partial charge in [-0.1, -0.05) is 0 Å². The molecule has 25 heavy (non-hydrogen) atoms. The molecule has 0 radical (unpaired) electrons. The van der Waals surface area contributed by atoms with Crippen LogP contribution in [0.4, 0.5) is 4.39 Å². The largest absolute Gasteiger partial charge is 0.481 e. The van der Waals surface area contributed by atoms with Crippen LogP contribution in [0.2, 0.25) is 0 Å². The van der Waals surface area contributed by atoms with Gasteiger partial charge in [0.2, 0.25) is 5.88 Å². The normalized spacial score (nSPS) is 20.6. The molecule has 0 amide bonds. The van der Waals surface area contributed by atoms with Crippen molar-refractivity contribution in [3.05, 3.63) is 29.7 Å². The number of hydrogen-bond acceptors (Lipinski definition) is 5. The molecule has 0 saturated carbocycles. The molecule has 1 aliphatic heterocycles. The van der Waals surface area contributed by atoms with E-state index in [9.17, 15) is 9.50 Å². The second-order valence-electron chi connectivity index (χ2n) is 6.43. The van der Waals surface area contributed by atoms with Crippen LogP contribution >= 0.6 is 24.8 Å². The van der Waals surface area contributed by atoms with Crippen LogP contribution in [-0.4, -0.2) is 52.3 Å². The van der Waals surface area contributed by atoms with Crippen LogP contribution in [0.1, 0.15) is 25.3 Å². The van der Waals surface area contributed by atoms with Crippen LogP contribution in [0.3, 0.4) is 0 Å². The maximum absolute atomic E-state index is 14.3. The summed E-state index contributed by atoms with van der Waals surface area (Å²) >= 11 is 0. The van der Waals surface area contributed by atoms with Crippen molar-refractivity contribution in [3.8, 4) is 5.88 Å². The minimum Gasteiger partial charge on any atom is -0.481 e. The maximum atomic E-state index is 14.3. The molecule has 1 saturated heterocycles. The fourth-order valence-electron chi connectivity index (χ4n) is 3.21. The summed E-state index contributed by atoms with van der Waals surface area (Å²) in [6.45, 7) is 4.09. The lowest BCUT2D eigenvalue weighted by Gasteiger charge is -2.36.